The van der Waals surface area contributed by atoms with Crippen LogP contribution in [0.4, 0.5) is 0 Å². The molecular weight excluding hydrogens is 222 g/mol. The summed E-state index contributed by atoms with van der Waals surface area (Å²) < 4.78 is 0. The van der Waals surface area contributed by atoms with Crippen LogP contribution in [-0.4, -0.2) is 54.1 Å². The van der Waals surface area contributed by atoms with Crippen LogP contribution >= 0.6 is 0 Å². The minimum absolute atomic E-state index is 0.173. The smallest absolute Gasteiger partial charge is 0.0276 e. The van der Waals surface area contributed by atoms with Crippen LogP contribution in [0.25, 0.3) is 0 Å². The lowest BCUT2D eigenvalue weighted by atomic mass is 9.86. The first-order valence-corrected chi connectivity index (χ1v) is 7.72. The number of nitrogens with two attached hydrogens (primary N) is 1. The van der Waals surface area contributed by atoms with Crippen molar-refractivity contribution >= 4 is 0 Å². The summed E-state index contributed by atoms with van der Waals surface area (Å²) in [5, 5.41) is 0. The summed E-state index contributed by atoms with van der Waals surface area (Å²) in [4.78, 5) is 5.30. The first kappa shape index (κ1) is 14.3. The summed E-state index contributed by atoms with van der Waals surface area (Å²) in [6, 6.07) is 0.858. The van der Waals surface area contributed by atoms with Gasteiger partial charge in [-0.3, -0.25) is 9.80 Å². The minimum Gasteiger partial charge on any atom is -0.329 e. The Morgan fingerprint density at radius 3 is 2.33 bits per heavy atom. The molecule has 0 aromatic carbocycles. The molecule has 1 heterocycles. The molecule has 3 heteroatoms. The molecule has 1 aliphatic heterocycles. The van der Waals surface area contributed by atoms with E-state index < -0.39 is 0 Å². The van der Waals surface area contributed by atoms with E-state index in [9.17, 15) is 0 Å². The van der Waals surface area contributed by atoms with Crippen LogP contribution in [0.15, 0.2) is 0 Å². The molecule has 3 nitrogen and oxygen atoms in total. The van der Waals surface area contributed by atoms with Gasteiger partial charge in [-0.2, -0.15) is 0 Å². The third-order valence-corrected chi connectivity index (χ3v) is 5.09. The molecule has 0 amide bonds. The molecule has 2 fully saturated rings. The molecule has 0 aromatic rings. The van der Waals surface area contributed by atoms with E-state index >= 15 is 0 Å². The Labute approximate surface area is 113 Å². The second-order valence-electron chi connectivity index (χ2n) is 6.97. The van der Waals surface area contributed by atoms with E-state index in [1.54, 1.807) is 0 Å². The van der Waals surface area contributed by atoms with E-state index in [1.807, 2.05) is 0 Å². The lowest BCUT2D eigenvalue weighted by Gasteiger charge is -2.46. The Bertz CT molecular complexity index is 256. The van der Waals surface area contributed by atoms with Crippen molar-refractivity contribution in [2.24, 2.45) is 11.7 Å². The highest BCUT2D eigenvalue weighted by molar-refractivity contribution is 4.89. The van der Waals surface area contributed by atoms with Crippen molar-refractivity contribution in [1.82, 2.24) is 9.80 Å². The highest BCUT2D eigenvalue weighted by atomic mass is 15.3. The fraction of sp³-hybridized carbons (Fsp3) is 1.00. The summed E-state index contributed by atoms with van der Waals surface area (Å²) in [6.07, 6.45) is 5.71. The van der Waals surface area contributed by atoms with Crippen molar-refractivity contribution in [2.45, 2.75) is 58.0 Å². The van der Waals surface area contributed by atoms with Gasteiger partial charge in [-0.25, -0.2) is 0 Å². The van der Waals surface area contributed by atoms with Crippen LogP contribution in [0.1, 0.15) is 46.5 Å². The fourth-order valence-corrected chi connectivity index (χ4v) is 3.56. The maximum atomic E-state index is 5.88. The van der Waals surface area contributed by atoms with Gasteiger partial charge < -0.3 is 5.73 Å². The first-order chi connectivity index (χ1) is 8.53. The van der Waals surface area contributed by atoms with Crippen molar-refractivity contribution in [3.8, 4) is 0 Å². The highest BCUT2D eigenvalue weighted by Crippen LogP contribution is 2.28. The summed E-state index contributed by atoms with van der Waals surface area (Å²) in [5.41, 5.74) is 6.05. The van der Waals surface area contributed by atoms with Crippen LogP contribution in [0.3, 0.4) is 0 Å². The number of nitrogens with zero attached hydrogens (tertiary/aromatic N) is 2. The van der Waals surface area contributed by atoms with E-state index in [-0.39, 0.29) is 5.54 Å². The van der Waals surface area contributed by atoms with Crippen molar-refractivity contribution in [3.63, 3.8) is 0 Å². The standard InChI is InChI=1S/C15H31N3/c1-13-5-4-6-14(11-13)17-7-9-18(10-8-17)15(2,3)12-16/h13-14H,4-12,16H2,1-3H3. The lowest BCUT2D eigenvalue weighted by molar-refractivity contribution is 0.0245. The maximum Gasteiger partial charge on any atom is 0.0276 e. The average molecular weight is 253 g/mol. The normalized spacial score (nSPS) is 32.7. The van der Waals surface area contributed by atoms with Crippen molar-refractivity contribution < 1.29 is 0 Å². The molecule has 2 unspecified atom stereocenters. The van der Waals surface area contributed by atoms with E-state index in [2.05, 4.69) is 30.6 Å². The number of hydrogen-bond donors (Lipinski definition) is 1. The van der Waals surface area contributed by atoms with Gasteiger partial charge in [0.2, 0.25) is 0 Å². The molecule has 2 atom stereocenters. The first-order valence-electron chi connectivity index (χ1n) is 7.72. The van der Waals surface area contributed by atoms with Gasteiger partial charge in [-0.15, -0.1) is 0 Å². The van der Waals surface area contributed by atoms with Gasteiger partial charge in [-0.05, 0) is 32.6 Å². The molecule has 0 spiro atoms. The maximum absolute atomic E-state index is 5.88. The van der Waals surface area contributed by atoms with Gasteiger partial charge in [0.1, 0.15) is 0 Å². The van der Waals surface area contributed by atoms with Gasteiger partial charge in [-0.1, -0.05) is 19.8 Å². The predicted molar refractivity (Wildman–Crippen MR) is 77.7 cm³/mol. The second kappa shape index (κ2) is 5.89. The Hall–Kier alpha value is -0.120. The monoisotopic (exact) mass is 253 g/mol. The Morgan fingerprint density at radius 2 is 1.78 bits per heavy atom. The SMILES string of the molecule is CC1CCCC(N2CCN(C(C)(C)CN)CC2)C1. The number of hydrogen-bond acceptors (Lipinski definition) is 3. The zero-order valence-corrected chi connectivity index (χ0v) is 12.5. The molecular formula is C15H31N3. The van der Waals surface area contributed by atoms with Gasteiger partial charge in [0.15, 0.2) is 0 Å². The van der Waals surface area contributed by atoms with E-state index in [0.717, 1.165) is 18.5 Å². The Balaban J connectivity index is 1.83. The summed E-state index contributed by atoms with van der Waals surface area (Å²) >= 11 is 0. The third-order valence-electron chi connectivity index (χ3n) is 5.09. The minimum atomic E-state index is 0.173. The summed E-state index contributed by atoms with van der Waals surface area (Å²) in [7, 11) is 0. The molecule has 2 rings (SSSR count). The molecule has 1 aliphatic carbocycles. The Kier molecular flexibility index (Phi) is 4.68. The largest absolute Gasteiger partial charge is 0.329 e. The molecule has 2 N–H and O–H groups in total. The number of piperazine rings is 1. The summed E-state index contributed by atoms with van der Waals surface area (Å²) in [5.74, 6) is 0.933. The van der Waals surface area contributed by atoms with Crippen molar-refractivity contribution in [1.29, 1.82) is 0 Å². The topological polar surface area (TPSA) is 32.5 Å². The molecule has 1 saturated carbocycles. The van der Waals surface area contributed by atoms with Gasteiger partial charge in [0.25, 0.3) is 0 Å². The molecule has 2 aliphatic rings. The van der Waals surface area contributed by atoms with Crippen molar-refractivity contribution in [3.05, 3.63) is 0 Å². The van der Waals surface area contributed by atoms with E-state index in [4.69, 9.17) is 5.73 Å². The molecule has 0 bridgehead atoms. The predicted octanol–water partition coefficient (Wildman–Crippen LogP) is 1.92. The molecule has 106 valence electrons. The zero-order chi connectivity index (χ0) is 13.2. The second-order valence-corrected chi connectivity index (χ2v) is 6.97. The fourth-order valence-electron chi connectivity index (χ4n) is 3.56. The van der Waals surface area contributed by atoms with Crippen LogP contribution in [0, 0.1) is 5.92 Å². The van der Waals surface area contributed by atoms with Crippen LogP contribution < -0.4 is 5.73 Å². The number of rotatable bonds is 3. The van der Waals surface area contributed by atoms with Gasteiger partial charge >= 0.3 is 0 Å². The molecule has 18 heavy (non-hydrogen) atoms. The van der Waals surface area contributed by atoms with Crippen LogP contribution in [0.2, 0.25) is 0 Å². The molecule has 0 aromatic heterocycles. The quantitative estimate of drug-likeness (QED) is 0.834. The highest BCUT2D eigenvalue weighted by Gasteiger charge is 2.32. The lowest BCUT2D eigenvalue weighted by Crippen LogP contribution is -2.59. The molecule has 1 saturated heterocycles. The van der Waals surface area contributed by atoms with Crippen molar-refractivity contribution in [2.75, 3.05) is 32.7 Å². The van der Waals surface area contributed by atoms with E-state index in [1.165, 1.54) is 51.9 Å². The van der Waals surface area contributed by atoms with E-state index in [0.29, 0.717) is 0 Å². The average Bonchev–Trinajstić information content (AvgIpc) is 2.39. The van der Waals surface area contributed by atoms with Crippen LogP contribution in [-0.2, 0) is 0 Å². The molecule has 0 radical (unpaired) electrons. The van der Waals surface area contributed by atoms with Gasteiger partial charge in [0.05, 0.1) is 0 Å². The Morgan fingerprint density at radius 1 is 1.11 bits per heavy atom. The van der Waals surface area contributed by atoms with Gasteiger partial charge in [0, 0.05) is 44.3 Å². The summed E-state index contributed by atoms with van der Waals surface area (Å²) in [6.45, 7) is 12.6. The van der Waals surface area contributed by atoms with Crippen LogP contribution in [0.5, 0.6) is 0 Å². The third kappa shape index (κ3) is 3.25. The zero-order valence-electron chi connectivity index (χ0n) is 12.5.